The van der Waals surface area contributed by atoms with Crippen LogP contribution in [0.4, 0.5) is 0 Å². The van der Waals surface area contributed by atoms with Gasteiger partial charge in [-0.3, -0.25) is 9.78 Å². The third-order valence-corrected chi connectivity index (χ3v) is 3.66. The third-order valence-electron chi connectivity index (χ3n) is 3.66. The highest BCUT2D eigenvalue weighted by Crippen LogP contribution is 2.28. The van der Waals surface area contributed by atoms with Crippen LogP contribution < -0.4 is 4.74 Å². The molecule has 1 unspecified atom stereocenters. The van der Waals surface area contributed by atoms with Gasteiger partial charge in [0.2, 0.25) is 0 Å². The number of benzene rings is 1. The van der Waals surface area contributed by atoms with E-state index in [0.29, 0.717) is 12.8 Å². The first-order valence-electron chi connectivity index (χ1n) is 6.97. The predicted molar refractivity (Wildman–Crippen MR) is 76.9 cm³/mol. The minimum atomic E-state index is -0.361. The Hall–Kier alpha value is -2.16. The van der Waals surface area contributed by atoms with Crippen molar-refractivity contribution in [3.63, 3.8) is 0 Å². The Morgan fingerprint density at radius 2 is 2.15 bits per heavy atom. The molecule has 0 N–H and O–H groups in total. The summed E-state index contributed by atoms with van der Waals surface area (Å²) in [5.74, 6) is 0.929. The van der Waals surface area contributed by atoms with Crippen molar-refractivity contribution in [2.45, 2.75) is 32.3 Å². The Bertz CT molecular complexity index is 594. The number of pyridine rings is 1. The van der Waals surface area contributed by atoms with Crippen molar-refractivity contribution < 1.29 is 9.53 Å². The highest BCUT2D eigenvalue weighted by atomic mass is 16.5. The lowest BCUT2D eigenvalue weighted by Crippen LogP contribution is -2.27. The lowest BCUT2D eigenvalue weighted by molar-refractivity contribution is -0.124. The van der Waals surface area contributed by atoms with Crippen molar-refractivity contribution in [1.29, 1.82) is 0 Å². The summed E-state index contributed by atoms with van der Waals surface area (Å²) in [5.41, 5.74) is 3.11. The summed E-state index contributed by atoms with van der Waals surface area (Å²) < 4.78 is 5.71. The van der Waals surface area contributed by atoms with Crippen LogP contribution >= 0.6 is 0 Å². The lowest BCUT2D eigenvalue weighted by Gasteiger charge is -2.09. The molecule has 0 saturated carbocycles. The summed E-state index contributed by atoms with van der Waals surface area (Å²) in [7, 11) is 0. The predicted octanol–water partition coefficient (Wildman–Crippen LogP) is 2.76. The van der Waals surface area contributed by atoms with Crippen LogP contribution in [-0.4, -0.2) is 16.9 Å². The Labute approximate surface area is 118 Å². The maximum absolute atomic E-state index is 12.3. The second-order valence-corrected chi connectivity index (χ2v) is 5.07. The Kier molecular flexibility index (Phi) is 3.50. The number of nitrogens with zero attached hydrogens (tertiary/aromatic N) is 1. The number of carbonyl (C=O) groups excluding carboxylic acids is 1. The summed E-state index contributed by atoms with van der Waals surface area (Å²) in [6, 6.07) is 11.8. The van der Waals surface area contributed by atoms with Gasteiger partial charge in [0.1, 0.15) is 5.75 Å². The highest BCUT2D eigenvalue weighted by molar-refractivity contribution is 5.86. The van der Waals surface area contributed by atoms with Crippen LogP contribution in [0.2, 0.25) is 0 Å². The molecular weight excluding hydrogens is 250 g/mol. The van der Waals surface area contributed by atoms with Crippen LogP contribution in [0.15, 0.2) is 42.6 Å². The van der Waals surface area contributed by atoms with Gasteiger partial charge >= 0.3 is 0 Å². The molecule has 1 aromatic heterocycles. The number of fused-ring (bicyclic) bond motifs is 1. The summed E-state index contributed by atoms with van der Waals surface area (Å²) in [4.78, 5) is 16.6. The van der Waals surface area contributed by atoms with Gasteiger partial charge in [-0.05, 0) is 29.7 Å². The fraction of sp³-hybridized carbons (Fsp3) is 0.294. The quantitative estimate of drug-likeness (QED) is 0.855. The summed E-state index contributed by atoms with van der Waals surface area (Å²) in [6.07, 6.45) is 3.44. The van der Waals surface area contributed by atoms with Gasteiger partial charge in [0.05, 0.1) is 6.42 Å². The number of hydrogen-bond donors (Lipinski definition) is 0. The van der Waals surface area contributed by atoms with E-state index in [9.17, 15) is 4.79 Å². The molecule has 3 heteroatoms. The molecule has 0 saturated heterocycles. The van der Waals surface area contributed by atoms with E-state index < -0.39 is 0 Å². The van der Waals surface area contributed by atoms with Gasteiger partial charge in [0.25, 0.3) is 0 Å². The van der Waals surface area contributed by atoms with E-state index in [1.54, 1.807) is 0 Å². The van der Waals surface area contributed by atoms with Gasteiger partial charge in [-0.15, -0.1) is 0 Å². The van der Waals surface area contributed by atoms with Gasteiger partial charge in [0.15, 0.2) is 11.9 Å². The van der Waals surface area contributed by atoms with Crippen molar-refractivity contribution in [3.8, 4) is 5.75 Å². The van der Waals surface area contributed by atoms with E-state index in [2.05, 4.69) is 11.9 Å². The molecule has 0 radical (unpaired) electrons. The molecule has 0 amide bonds. The van der Waals surface area contributed by atoms with Crippen LogP contribution in [0.25, 0.3) is 0 Å². The van der Waals surface area contributed by atoms with E-state index >= 15 is 0 Å². The first kappa shape index (κ1) is 12.9. The van der Waals surface area contributed by atoms with Gasteiger partial charge in [-0.1, -0.05) is 31.2 Å². The minimum absolute atomic E-state index is 0.0953. The van der Waals surface area contributed by atoms with Crippen LogP contribution in [0.3, 0.4) is 0 Å². The number of hydrogen-bond acceptors (Lipinski definition) is 3. The topological polar surface area (TPSA) is 39.2 Å². The van der Waals surface area contributed by atoms with E-state index in [1.807, 2.05) is 42.6 Å². The smallest absolute Gasteiger partial charge is 0.179 e. The first-order valence-corrected chi connectivity index (χ1v) is 6.97. The van der Waals surface area contributed by atoms with E-state index in [-0.39, 0.29) is 11.9 Å². The molecule has 0 aliphatic carbocycles. The Morgan fingerprint density at radius 1 is 1.30 bits per heavy atom. The number of carbonyl (C=O) groups is 1. The van der Waals surface area contributed by atoms with Crippen molar-refractivity contribution in [2.24, 2.45) is 0 Å². The minimum Gasteiger partial charge on any atom is -0.482 e. The fourth-order valence-electron chi connectivity index (χ4n) is 2.42. The zero-order valence-corrected chi connectivity index (χ0v) is 11.5. The second kappa shape index (κ2) is 5.45. The van der Waals surface area contributed by atoms with Gasteiger partial charge < -0.3 is 4.74 Å². The summed E-state index contributed by atoms with van der Waals surface area (Å²) in [6.45, 7) is 2.09. The molecule has 102 valence electrons. The summed E-state index contributed by atoms with van der Waals surface area (Å²) >= 11 is 0. The van der Waals surface area contributed by atoms with Gasteiger partial charge in [-0.2, -0.15) is 0 Å². The average Bonchev–Trinajstić information content (AvgIpc) is 2.92. The van der Waals surface area contributed by atoms with Crippen molar-refractivity contribution in [2.75, 3.05) is 0 Å². The fourth-order valence-corrected chi connectivity index (χ4v) is 2.42. The van der Waals surface area contributed by atoms with E-state index in [1.165, 1.54) is 5.56 Å². The molecule has 0 bridgehead atoms. The molecule has 2 aromatic rings. The van der Waals surface area contributed by atoms with Crippen molar-refractivity contribution in [1.82, 2.24) is 4.98 Å². The molecule has 20 heavy (non-hydrogen) atoms. The molecule has 3 nitrogen and oxygen atoms in total. The standard InChI is InChI=1S/C17H17NO2/c1-2-12-7-8-14(18-11-12)10-15(19)17-9-13-5-3-4-6-16(13)20-17/h3-8,11,17H,2,9-10H2,1H3. The lowest BCUT2D eigenvalue weighted by atomic mass is 10.0. The maximum Gasteiger partial charge on any atom is 0.179 e. The SMILES string of the molecule is CCc1ccc(CC(=O)C2Cc3ccccc3O2)nc1. The van der Waals surface area contributed by atoms with Crippen molar-refractivity contribution >= 4 is 5.78 Å². The maximum atomic E-state index is 12.3. The van der Waals surface area contributed by atoms with Crippen LogP contribution in [0.5, 0.6) is 5.75 Å². The zero-order valence-electron chi connectivity index (χ0n) is 11.5. The number of para-hydroxylation sites is 1. The van der Waals surface area contributed by atoms with Crippen LogP contribution in [-0.2, 0) is 24.1 Å². The molecule has 1 atom stereocenters. The number of ether oxygens (including phenoxy) is 1. The average molecular weight is 267 g/mol. The van der Waals surface area contributed by atoms with Crippen molar-refractivity contribution in [3.05, 3.63) is 59.4 Å². The number of aromatic nitrogens is 1. The largest absolute Gasteiger partial charge is 0.482 e. The normalized spacial score (nSPS) is 16.6. The molecule has 2 heterocycles. The number of rotatable bonds is 4. The molecule has 0 spiro atoms. The number of ketones is 1. The molecule has 1 aromatic carbocycles. The molecule has 1 aliphatic rings. The van der Waals surface area contributed by atoms with Gasteiger partial charge in [0, 0.05) is 18.3 Å². The Balaban J connectivity index is 1.66. The highest BCUT2D eigenvalue weighted by Gasteiger charge is 2.28. The van der Waals surface area contributed by atoms with Gasteiger partial charge in [-0.25, -0.2) is 0 Å². The molecule has 3 rings (SSSR count). The Morgan fingerprint density at radius 3 is 2.85 bits per heavy atom. The van der Waals surface area contributed by atoms with E-state index in [0.717, 1.165) is 23.4 Å². The molecule has 1 aliphatic heterocycles. The third kappa shape index (κ3) is 2.57. The molecule has 0 fully saturated rings. The number of Topliss-reactive ketones (excluding diaryl/α,β-unsaturated/α-hetero) is 1. The van der Waals surface area contributed by atoms with Crippen LogP contribution in [0, 0.1) is 0 Å². The summed E-state index contributed by atoms with van der Waals surface area (Å²) in [5, 5.41) is 0. The second-order valence-electron chi connectivity index (χ2n) is 5.07. The molecular formula is C17H17NO2. The monoisotopic (exact) mass is 267 g/mol. The number of aryl methyl sites for hydroxylation is 1. The van der Waals surface area contributed by atoms with Crippen LogP contribution in [0.1, 0.15) is 23.7 Å². The zero-order chi connectivity index (χ0) is 13.9. The first-order chi connectivity index (χ1) is 9.76. The van der Waals surface area contributed by atoms with E-state index in [4.69, 9.17) is 4.74 Å².